The van der Waals surface area contributed by atoms with E-state index < -0.39 is 12.1 Å². The van der Waals surface area contributed by atoms with Gasteiger partial charge >= 0.3 is 5.97 Å². The number of aliphatic carboxylic acids is 1. The second-order valence-electron chi connectivity index (χ2n) is 11.9. The molecular formula is C27H41NO4. The second-order valence-corrected chi connectivity index (χ2v) is 11.9. The molecule has 4 aliphatic rings. The van der Waals surface area contributed by atoms with Crippen LogP contribution < -0.4 is 5.32 Å². The highest BCUT2D eigenvalue weighted by molar-refractivity contribution is 5.87. The molecule has 3 N–H and O–H groups in total. The van der Waals surface area contributed by atoms with E-state index in [1.807, 2.05) is 19.9 Å². The SMILES string of the molecule is CC(C)C(NC(=O)[C@H]1CC[C@H]2[C@@H]3CC=C4C=C(C(=O)O)CC[C@]4(C)[C@H]3CC[C@]12C)C(C)O. The fraction of sp³-hybridized carbons (Fsp3) is 0.778. The van der Waals surface area contributed by atoms with Crippen LogP contribution >= 0.6 is 0 Å². The molecule has 0 aromatic rings. The highest BCUT2D eigenvalue weighted by Crippen LogP contribution is 2.66. The summed E-state index contributed by atoms with van der Waals surface area (Å²) in [5.41, 5.74) is 1.83. The smallest absolute Gasteiger partial charge is 0.331 e. The molecule has 5 nitrogen and oxygen atoms in total. The zero-order chi connectivity index (χ0) is 23.4. The fourth-order valence-corrected chi connectivity index (χ4v) is 8.03. The largest absolute Gasteiger partial charge is 0.478 e. The van der Waals surface area contributed by atoms with Crippen LogP contribution in [0.2, 0.25) is 0 Å². The number of carbonyl (C=O) groups is 2. The molecule has 4 aliphatic carbocycles. The van der Waals surface area contributed by atoms with Gasteiger partial charge in [0, 0.05) is 11.5 Å². The third-order valence-electron chi connectivity index (χ3n) is 9.91. The van der Waals surface area contributed by atoms with Crippen molar-refractivity contribution in [2.24, 2.45) is 40.4 Å². The maximum Gasteiger partial charge on any atom is 0.331 e. The van der Waals surface area contributed by atoms with Gasteiger partial charge in [-0.05, 0) is 98.0 Å². The third kappa shape index (κ3) is 3.65. The van der Waals surface area contributed by atoms with Crippen LogP contribution in [-0.2, 0) is 9.59 Å². The molecule has 178 valence electrons. The Kier molecular flexibility index (Phi) is 6.11. The first-order valence-electron chi connectivity index (χ1n) is 12.6. The number of hydrogen-bond acceptors (Lipinski definition) is 3. The van der Waals surface area contributed by atoms with Crippen molar-refractivity contribution < 1.29 is 19.8 Å². The van der Waals surface area contributed by atoms with E-state index in [0.29, 0.717) is 29.7 Å². The van der Waals surface area contributed by atoms with Gasteiger partial charge in [0.1, 0.15) is 0 Å². The Bertz CT molecular complexity index is 835. The van der Waals surface area contributed by atoms with Crippen LogP contribution in [0.25, 0.3) is 0 Å². The van der Waals surface area contributed by atoms with Crippen LogP contribution in [0.4, 0.5) is 0 Å². The summed E-state index contributed by atoms with van der Waals surface area (Å²) in [6.45, 7) is 10.5. The summed E-state index contributed by atoms with van der Waals surface area (Å²) in [5, 5.41) is 22.8. The van der Waals surface area contributed by atoms with Crippen molar-refractivity contribution in [3.8, 4) is 0 Å². The molecule has 4 rings (SSSR count). The Labute approximate surface area is 192 Å². The molecule has 0 spiro atoms. The summed E-state index contributed by atoms with van der Waals surface area (Å²) in [7, 11) is 0. The summed E-state index contributed by atoms with van der Waals surface area (Å²) >= 11 is 0. The molecule has 2 fully saturated rings. The van der Waals surface area contributed by atoms with E-state index in [1.165, 1.54) is 5.57 Å². The predicted octanol–water partition coefficient (Wildman–Crippen LogP) is 4.71. The minimum absolute atomic E-state index is 0.00388. The highest BCUT2D eigenvalue weighted by atomic mass is 16.4. The highest BCUT2D eigenvalue weighted by Gasteiger charge is 2.59. The van der Waals surface area contributed by atoms with Gasteiger partial charge in [0.05, 0.1) is 12.1 Å². The first kappa shape index (κ1) is 23.5. The first-order valence-corrected chi connectivity index (χ1v) is 12.6. The van der Waals surface area contributed by atoms with E-state index in [4.69, 9.17) is 0 Å². The number of nitrogens with one attached hydrogen (secondary N) is 1. The summed E-state index contributed by atoms with van der Waals surface area (Å²) in [6.07, 6.45) is 10.4. The first-order chi connectivity index (χ1) is 15.0. The molecule has 32 heavy (non-hydrogen) atoms. The van der Waals surface area contributed by atoms with Crippen molar-refractivity contribution in [2.75, 3.05) is 0 Å². The van der Waals surface area contributed by atoms with E-state index in [2.05, 4.69) is 25.2 Å². The van der Waals surface area contributed by atoms with Gasteiger partial charge in [0.2, 0.25) is 5.91 Å². The molecule has 0 bridgehead atoms. The van der Waals surface area contributed by atoms with Crippen LogP contribution in [0.1, 0.15) is 79.6 Å². The number of carbonyl (C=O) groups excluding carboxylic acids is 1. The van der Waals surface area contributed by atoms with Crippen molar-refractivity contribution in [1.82, 2.24) is 5.32 Å². The number of aliphatic hydroxyl groups is 1. The van der Waals surface area contributed by atoms with Crippen molar-refractivity contribution >= 4 is 11.9 Å². The monoisotopic (exact) mass is 443 g/mol. The minimum Gasteiger partial charge on any atom is -0.478 e. The Morgan fingerprint density at radius 3 is 2.44 bits per heavy atom. The third-order valence-corrected chi connectivity index (χ3v) is 9.91. The molecule has 8 atom stereocenters. The van der Waals surface area contributed by atoms with Crippen LogP contribution in [0.15, 0.2) is 23.3 Å². The number of allylic oxidation sites excluding steroid dienone is 3. The number of fused-ring (bicyclic) bond motifs is 5. The summed E-state index contributed by atoms with van der Waals surface area (Å²) in [4.78, 5) is 24.9. The summed E-state index contributed by atoms with van der Waals surface area (Å²) in [6, 6.07) is -0.210. The number of carboxylic acids is 1. The van der Waals surface area contributed by atoms with E-state index in [0.717, 1.165) is 38.5 Å². The van der Waals surface area contributed by atoms with Gasteiger partial charge in [-0.2, -0.15) is 0 Å². The molecule has 0 aliphatic heterocycles. The van der Waals surface area contributed by atoms with E-state index in [-0.39, 0.29) is 34.6 Å². The topological polar surface area (TPSA) is 86.6 Å². The molecular weight excluding hydrogens is 402 g/mol. The molecule has 0 saturated heterocycles. The van der Waals surface area contributed by atoms with Gasteiger partial charge in [-0.3, -0.25) is 4.79 Å². The average molecular weight is 444 g/mol. The van der Waals surface area contributed by atoms with Crippen LogP contribution in [-0.4, -0.2) is 34.2 Å². The van der Waals surface area contributed by atoms with Gasteiger partial charge < -0.3 is 15.5 Å². The predicted molar refractivity (Wildman–Crippen MR) is 125 cm³/mol. The normalized spacial score (nSPS) is 40.3. The lowest BCUT2D eigenvalue weighted by Gasteiger charge is -2.57. The minimum atomic E-state index is -0.784. The Morgan fingerprint density at radius 1 is 1.09 bits per heavy atom. The summed E-state index contributed by atoms with van der Waals surface area (Å²) < 4.78 is 0. The van der Waals surface area contributed by atoms with Gasteiger partial charge in [-0.1, -0.05) is 33.8 Å². The number of amides is 1. The molecule has 2 unspecified atom stereocenters. The quantitative estimate of drug-likeness (QED) is 0.574. The van der Waals surface area contributed by atoms with Crippen LogP contribution in [0.5, 0.6) is 0 Å². The van der Waals surface area contributed by atoms with Crippen LogP contribution in [0, 0.1) is 40.4 Å². The Morgan fingerprint density at radius 2 is 1.81 bits per heavy atom. The maximum atomic E-state index is 13.4. The second kappa shape index (κ2) is 8.30. The van der Waals surface area contributed by atoms with Crippen molar-refractivity contribution in [3.63, 3.8) is 0 Å². The lowest BCUT2D eigenvalue weighted by Crippen LogP contribution is -2.53. The van der Waals surface area contributed by atoms with Crippen molar-refractivity contribution in [3.05, 3.63) is 23.3 Å². The molecule has 5 heteroatoms. The number of aliphatic hydroxyl groups excluding tert-OH is 1. The zero-order valence-corrected chi connectivity index (χ0v) is 20.4. The van der Waals surface area contributed by atoms with Crippen molar-refractivity contribution in [1.29, 1.82) is 0 Å². The standard InChI is InChI=1S/C27H41NO4/c1-15(2)23(16(3)29)28-24(30)22-9-8-20-19-7-6-18-14-17(25(31)32)10-12-26(18,4)21(19)11-13-27(20,22)5/h6,14-16,19-23,29H,7-13H2,1-5H3,(H,28,30)(H,31,32)/t16?,19-,20-,21-,22+,23?,26-,27-/m0/s1. The van der Waals surface area contributed by atoms with E-state index >= 15 is 0 Å². The molecule has 2 saturated carbocycles. The molecule has 0 aromatic carbocycles. The van der Waals surface area contributed by atoms with Crippen molar-refractivity contribution in [2.45, 2.75) is 91.7 Å². The average Bonchev–Trinajstić information content (AvgIpc) is 3.07. The maximum absolute atomic E-state index is 13.4. The Hall–Kier alpha value is -1.62. The lowest BCUT2D eigenvalue weighted by atomic mass is 9.48. The van der Waals surface area contributed by atoms with E-state index in [9.17, 15) is 19.8 Å². The fourth-order valence-electron chi connectivity index (χ4n) is 8.03. The number of carboxylic acid groups (broad SMARTS) is 1. The zero-order valence-electron chi connectivity index (χ0n) is 20.4. The Balaban J connectivity index is 1.56. The number of rotatable bonds is 5. The van der Waals surface area contributed by atoms with Gasteiger partial charge in [0.15, 0.2) is 0 Å². The van der Waals surface area contributed by atoms with Gasteiger partial charge in [-0.15, -0.1) is 0 Å². The molecule has 1 amide bonds. The van der Waals surface area contributed by atoms with Crippen LogP contribution in [0.3, 0.4) is 0 Å². The molecule has 0 aromatic heterocycles. The number of hydrogen-bond donors (Lipinski definition) is 3. The lowest BCUT2D eigenvalue weighted by molar-refractivity contribution is -0.133. The molecule has 0 radical (unpaired) electrons. The van der Waals surface area contributed by atoms with Gasteiger partial charge in [0.25, 0.3) is 0 Å². The van der Waals surface area contributed by atoms with E-state index in [1.54, 1.807) is 6.92 Å². The summed E-state index contributed by atoms with van der Waals surface area (Å²) in [5.74, 6) is 1.20. The molecule has 0 heterocycles. The van der Waals surface area contributed by atoms with Gasteiger partial charge in [-0.25, -0.2) is 4.79 Å².